The molecule has 30 heavy (non-hydrogen) atoms. The highest BCUT2D eigenvalue weighted by Gasteiger charge is 2.13. The number of rotatable bonds is 8. The Bertz CT molecular complexity index is 1040. The van der Waals surface area contributed by atoms with E-state index in [0.29, 0.717) is 27.9 Å². The summed E-state index contributed by atoms with van der Waals surface area (Å²) < 4.78 is 28.4. The molecule has 0 saturated carbocycles. The van der Waals surface area contributed by atoms with Gasteiger partial charge in [0.25, 0.3) is 5.91 Å². The van der Waals surface area contributed by atoms with Crippen molar-refractivity contribution < 1.29 is 28.2 Å². The Balaban J connectivity index is 1.50. The Labute approximate surface area is 176 Å². The predicted octanol–water partition coefficient (Wildman–Crippen LogP) is 3.69. The van der Waals surface area contributed by atoms with Crippen molar-refractivity contribution in [3.8, 4) is 22.8 Å². The SMILES string of the molecule is COc1ccc(CC(=O)OCC(=O)Nc2nc(-c3ccc(F)cc3)cs2)cc1OC. The van der Waals surface area contributed by atoms with E-state index in [1.807, 2.05) is 0 Å². The monoisotopic (exact) mass is 430 g/mol. The minimum absolute atomic E-state index is 0.0143. The van der Waals surface area contributed by atoms with Crippen LogP contribution in [0.5, 0.6) is 11.5 Å². The minimum atomic E-state index is -0.552. The number of methoxy groups -OCH3 is 2. The molecule has 3 aromatic rings. The number of carbonyl (C=O) groups excluding carboxylic acids is 2. The summed E-state index contributed by atoms with van der Waals surface area (Å²) in [6.45, 7) is -0.433. The summed E-state index contributed by atoms with van der Waals surface area (Å²) in [5.41, 5.74) is 2.01. The maximum absolute atomic E-state index is 13.0. The summed E-state index contributed by atoms with van der Waals surface area (Å²) in [5, 5.41) is 4.68. The van der Waals surface area contributed by atoms with Crippen molar-refractivity contribution in [3.63, 3.8) is 0 Å². The van der Waals surface area contributed by atoms with Crippen LogP contribution < -0.4 is 14.8 Å². The Morgan fingerprint density at radius 1 is 1.07 bits per heavy atom. The van der Waals surface area contributed by atoms with Crippen molar-refractivity contribution in [2.45, 2.75) is 6.42 Å². The number of hydrogen-bond donors (Lipinski definition) is 1. The van der Waals surface area contributed by atoms with E-state index in [2.05, 4.69) is 10.3 Å². The van der Waals surface area contributed by atoms with E-state index in [1.54, 1.807) is 35.7 Å². The van der Waals surface area contributed by atoms with E-state index in [1.165, 1.54) is 37.7 Å². The number of esters is 1. The van der Waals surface area contributed by atoms with Crippen molar-refractivity contribution in [3.05, 3.63) is 59.2 Å². The maximum atomic E-state index is 13.0. The van der Waals surface area contributed by atoms with Gasteiger partial charge in [-0.05, 0) is 42.0 Å². The smallest absolute Gasteiger partial charge is 0.310 e. The number of anilines is 1. The first-order valence-corrected chi connectivity index (χ1v) is 9.74. The summed E-state index contributed by atoms with van der Waals surface area (Å²) in [5.74, 6) is -0.338. The van der Waals surface area contributed by atoms with Gasteiger partial charge in [0.1, 0.15) is 5.82 Å². The largest absolute Gasteiger partial charge is 0.493 e. The van der Waals surface area contributed by atoms with Gasteiger partial charge < -0.3 is 14.2 Å². The maximum Gasteiger partial charge on any atom is 0.310 e. The molecule has 156 valence electrons. The van der Waals surface area contributed by atoms with E-state index in [-0.39, 0.29) is 12.2 Å². The normalized spacial score (nSPS) is 10.4. The number of nitrogens with zero attached hydrogens (tertiary/aromatic N) is 1. The molecule has 7 nitrogen and oxygen atoms in total. The second-order valence-electron chi connectivity index (χ2n) is 6.12. The molecule has 2 aromatic carbocycles. The van der Waals surface area contributed by atoms with Crippen LogP contribution in [-0.4, -0.2) is 37.7 Å². The van der Waals surface area contributed by atoms with Gasteiger partial charge in [-0.15, -0.1) is 11.3 Å². The lowest BCUT2D eigenvalue weighted by atomic mass is 10.1. The number of aromatic nitrogens is 1. The van der Waals surface area contributed by atoms with Gasteiger partial charge in [0.2, 0.25) is 0 Å². The fraction of sp³-hybridized carbons (Fsp3) is 0.190. The van der Waals surface area contributed by atoms with Crippen molar-refractivity contribution in [1.82, 2.24) is 4.98 Å². The number of amides is 1. The second-order valence-corrected chi connectivity index (χ2v) is 6.98. The number of hydrogen-bond acceptors (Lipinski definition) is 7. The van der Waals surface area contributed by atoms with Gasteiger partial charge in [-0.2, -0.15) is 0 Å². The molecular weight excluding hydrogens is 411 g/mol. The van der Waals surface area contributed by atoms with Crippen molar-refractivity contribution >= 4 is 28.3 Å². The molecule has 0 radical (unpaired) electrons. The van der Waals surface area contributed by atoms with Crippen LogP contribution in [0, 0.1) is 5.82 Å². The zero-order valence-corrected chi connectivity index (χ0v) is 17.1. The molecule has 1 amide bonds. The number of carbonyl (C=O) groups is 2. The van der Waals surface area contributed by atoms with Crippen LogP contribution in [0.4, 0.5) is 9.52 Å². The molecule has 0 aliphatic carbocycles. The molecule has 0 unspecified atom stereocenters. The van der Waals surface area contributed by atoms with Crippen molar-refractivity contribution in [2.24, 2.45) is 0 Å². The molecule has 1 N–H and O–H groups in total. The molecule has 0 saturated heterocycles. The Kier molecular flexibility index (Phi) is 6.97. The van der Waals surface area contributed by atoms with Gasteiger partial charge in [0.05, 0.1) is 26.3 Å². The summed E-state index contributed by atoms with van der Waals surface area (Å²) in [6, 6.07) is 11.0. The minimum Gasteiger partial charge on any atom is -0.493 e. The Morgan fingerprint density at radius 3 is 2.50 bits per heavy atom. The van der Waals surface area contributed by atoms with Crippen LogP contribution in [-0.2, 0) is 20.7 Å². The second kappa shape index (κ2) is 9.84. The first-order valence-electron chi connectivity index (χ1n) is 8.86. The van der Waals surface area contributed by atoms with E-state index < -0.39 is 18.5 Å². The van der Waals surface area contributed by atoms with Crippen molar-refractivity contribution in [2.75, 3.05) is 26.1 Å². The molecule has 9 heteroatoms. The molecule has 0 spiro atoms. The van der Waals surface area contributed by atoms with Crippen LogP contribution in [0.2, 0.25) is 0 Å². The third-order valence-electron chi connectivity index (χ3n) is 4.05. The zero-order chi connectivity index (χ0) is 21.5. The zero-order valence-electron chi connectivity index (χ0n) is 16.3. The first kappa shape index (κ1) is 21.3. The van der Waals surface area contributed by atoms with Gasteiger partial charge >= 0.3 is 5.97 Å². The van der Waals surface area contributed by atoms with Gasteiger partial charge in [-0.25, -0.2) is 9.37 Å². The van der Waals surface area contributed by atoms with Crippen LogP contribution >= 0.6 is 11.3 Å². The first-order chi connectivity index (χ1) is 14.5. The van der Waals surface area contributed by atoms with E-state index in [0.717, 1.165) is 5.56 Å². The molecule has 0 fully saturated rings. The quantitative estimate of drug-likeness (QED) is 0.549. The van der Waals surface area contributed by atoms with Crippen LogP contribution in [0.25, 0.3) is 11.3 Å². The molecule has 1 aromatic heterocycles. The molecular formula is C21H19FN2O5S. The lowest BCUT2D eigenvalue weighted by molar-refractivity contribution is -0.146. The third kappa shape index (κ3) is 5.54. The average Bonchev–Trinajstić information content (AvgIpc) is 3.21. The molecule has 0 bridgehead atoms. The summed E-state index contributed by atoms with van der Waals surface area (Å²) >= 11 is 1.22. The average molecular weight is 430 g/mol. The highest BCUT2D eigenvalue weighted by atomic mass is 32.1. The molecule has 3 rings (SSSR count). The van der Waals surface area contributed by atoms with Gasteiger partial charge in [0.15, 0.2) is 23.2 Å². The third-order valence-corrected chi connectivity index (χ3v) is 4.81. The summed E-state index contributed by atoms with van der Waals surface area (Å²) in [7, 11) is 3.03. The number of halogens is 1. The number of benzene rings is 2. The van der Waals surface area contributed by atoms with Gasteiger partial charge in [0, 0.05) is 10.9 Å². The van der Waals surface area contributed by atoms with Gasteiger partial charge in [-0.3, -0.25) is 14.9 Å². The fourth-order valence-electron chi connectivity index (χ4n) is 2.59. The summed E-state index contributed by atoms with van der Waals surface area (Å²) in [4.78, 5) is 28.3. The molecule has 0 aliphatic heterocycles. The van der Waals surface area contributed by atoms with Crippen LogP contribution in [0.3, 0.4) is 0 Å². The van der Waals surface area contributed by atoms with E-state index >= 15 is 0 Å². The molecule has 1 heterocycles. The van der Waals surface area contributed by atoms with Gasteiger partial charge in [-0.1, -0.05) is 6.07 Å². The van der Waals surface area contributed by atoms with Crippen LogP contribution in [0.15, 0.2) is 47.8 Å². The number of ether oxygens (including phenoxy) is 3. The lowest BCUT2D eigenvalue weighted by Crippen LogP contribution is -2.21. The Morgan fingerprint density at radius 2 is 1.80 bits per heavy atom. The highest BCUT2D eigenvalue weighted by molar-refractivity contribution is 7.14. The highest BCUT2D eigenvalue weighted by Crippen LogP contribution is 2.28. The topological polar surface area (TPSA) is 86.8 Å². The molecule has 0 aliphatic rings. The fourth-order valence-corrected chi connectivity index (χ4v) is 3.33. The Hall–Kier alpha value is -3.46. The van der Waals surface area contributed by atoms with E-state index in [4.69, 9.17) is 14.2 Å². The van der Waals surface area contributed by atoms with Crippen LogP contribution in [0.1, 0.15) is 5.56 Å². The standard InChI is InChI=1S/C21H19FN2O5S/c1-27-17-8-3-13(9-18(17)28-2)10-20(26)29-11-19(25)24-21-23-16(12-30-21)14-4-6-15(22)7-5-14/h3-9,12H,10-11H2,1-2H3,(H,23,24,25). The predicted molar refractivity (Wildman–Crippen MR) is 110 cm³/mol. The number of thiazole rings is 1. The molecule has 0 atom stereocenters. The van der Waals surface area contributed by atoms with Crippen molar-refractivity contribution in [1.29, 1.82) is 0 Å². The lowest BCUT2D eigenvalue weighted by Gasteiger charge is -2.09. The number of nitrogens with one attached hydrogen (secondary N) is 1. The summed E-state index contributed by atoms with van der Waals surface area (Å²) in [6.07, 6.45) is -0.0143. The van der Waals surface area contributed by atoms with E-state index in [9.17, 15) is 14.0 Å².